The van der Waals surface area contributed by atoms with Crippen LogP contribution in [0.2, 0.25) is 0 Å². The molecule has 24 heteroatoms. The van der Waals surface area contributed by atoms with Gasteiger partial charge in [0.2, 0.25) is 23.3 Å². The minimum Gasteiger partial charge on any atom is -0.355 e. The summed E-state index contributed by atoms with van der Waals surface area (Å²) in [6.07, 6.45) is 1.06. The Morgan fingerprint density at radius 1 is 0.265 bits per heavy atom. The van der Waals surface area contributed by atoms with Crippen LogP contribution in [0.5, 0.6) is 0 Å². The molecule has 0 aliphatic carbocycles. The van der Waals surface area contributed by atoms with Gasteiger partial charge >= 0.3 is 0 Å². The lowest BCUT2D eigenvalue weighted by molar-refractivity contribution is 0.376. The van der Waals surface area contributed by atoms with Crippen LogP contribution < -0.4 is 0 Å². The summed E-state index contributed by atoms with van der Waals surface area (Å²) in [7, 11) is 0. The van der Waals surface area contributed by atoms with Crippen molar-refractivity contribution in [1.29, 1.82) is 0 Å². The second kappa shape index (κ2) is 15.9. The first kappa shape index (κ1) is 45.2. The van der Waals surface area contributed by atoms with Crippen molar-refractivity contribution >= 4 is 45.4 Å². The van der Waals surface area contributed by atoms with Gasteiger partial charge in [0.1, 0.15) is 0 Å². The van der Waals surface area contributed by atoms with Gasteiger partial charge in [-0.1, -0.05) is 0 Å². The van der Waals surface area contributed by atoms with Crippen LogP contribution in [-0.4, -0.2) is 19.9 Å². The van der Waals surface area contributed by atoms with Crippen LogP contribution in [-0.2, 0) is 0 Å². The summed E-state index contributed by atoms with van der Waals surface area (Å²) < 4.78 is 297. The third-order valence-electron chi connectivity index (χ3n) is 10.5. The summed E-state index contributed by atoms with van der Waals surface area (Å²) in [5.74, 6) is -50.6. The van der Waals surface area contributed by atoms with Crippen molar-refractivity contribution in [3.05, 3.63) is 187 Å². The molecule has 0 unspecified atom stereocenters. The number of halogens is 20. The number of H-pyrrole nitrogens is 2. The molecule has 346 valence electrons. The Morgan fingerprint density at radius 3 is 0.882 bits per heavy atom. The van der Waals surface area contributed by atoms with E-state index in [0.29, 0.717) is 48.6 Å². The number of aromatic amines is 2. The zero-order chi connectivity index (χ0) is 49.3. The quantitative estimate of drug-likeness (QED) is 0.105. The van der Waals surface area contributed by atoms with Gasteiger partial charge in [0, 0.05) is 44.3 Å². The molecule has 0 amide bonds. The highest BCUT2D eigenvalue weighted by atomic mass is 19.2. The van der Waals surface area contributed by atoms with Crippen molar-refractivity contribution in [1.82, 2.24) is 19.9 Å². The Bertz CT molecular complexity index is 3590. The van der Waals surface area contributed by atoms with Crippen LogP contribution in [0.4, 0.5) is 87.8 Å². The highest BCUT2D eigenvalue weighted by Crippen LogP contribution is 2.42. The number of aromatic nitrogens is 4. The van der Waals surface area contributed by atoms with E-state index in [1.165, 1.54) is 0 Å². The molecule has 3 aromatic heterocycles. The maximum atomic E-state index is 15.4. The molecule has 0 saturated heterocycles. The monoisotopic (exact) mass is 974 g/mol. The molecular formula is C44H10F20N4. The number of fused-ring (bicyclic) bond motifs is 8. The van der Waals surface area contributed by atoms with E-state index in [0.717, 1.165) is 0 Å². The highest BCUT2D eigenvalue weighted by molar-refractivity contribution is 5.98. The molecule has 0 saturated carbocycles. The van der Waals surface area contributed by atoms with Gasteiger partial charge in [0.05, 0.1) is 45.0 Å². The fraction of sp³-hybridized carbons (Fsp3) is 0. The van der Waals surface area contributed by atoms with E-state index in [2.05, 4.69) is 19.9 Å². The van der Waals surface area contributed by atoms with Crippen molar-refractivity contribution in [2.75, 3.05) is 0 Å². The molecule has 0 spiro atoms. The number of benzene rings is 4. The Labute approximate surface area is 361 Å². The fourth-order valence-electron chi connectivity index (χ4n) is 7.41. The first-order valence-corrected chi connectivity index (χ1v) is 18.3. The Kier molecular flexibility index (Phi) is 10.6. The summed E-state index contributed by atoms with van der Waals surface area (Å²) in [6.45, 7) is 0. The molecule has 68 heavy (non-hydrogen) atoms. The highest BCUT2D eigenvalue weighted by Gasteiger charge is 2.34. The van der Waals surface area contributed by atoms with E-state index >= 15 is 35.1 Å². The topological polar surface area (TPSA) is 57.4 Å². The van der Waals surface area contributed by atoms with E-state index in [1.807, 2.05) is 0 Å². The third kappa shape index (κ3) is 6.70. The largest absolute Gasteiger partial charge is 0.355 e. The number of hydrogen-bond acceptors (Lipinski definition) is 2. The lowest BCUT2D eigenvalue weighted by atomic mass is 9.99. The smallest absolute Gasteiger partial charge is 0.200 e. The molecule has 8 bridgehead atoms. The predicted octanol–water partition coefficient (Wildman–Crippen LogP) is 13.6. The summed E-state index contributed by atoms with van der Waals surface area (Å²) in [6, 6.07) is 3.63. The second-order valence-corrected chi connectivity index (χ2v) is 14.4. The molecule has 2 N–H and O–H groups in total. The van der Waals surface area contributed by atoms with Gasteiger partial charge in [-0.25, -0.2) is 97.8 Å². The number of nitrogens with zero attached hydrogens (tertiary/aromatic N) is 2. The van der Waals surface area contributed by atoms with Crippen LogP contribution in [0.1, 0.15) is 33.9 Å². The van der Waals surface area contributed by atoms with Crippen LogP contribution >= 0.6 is 0 Å². The molecule has 2 aliphatic heterocycles. The Morgan fingerprint density at radius 2 is 0.529 bits per heavy atom. The average Bonchev–Trinajstić information content (AvgIpc) is 4.10. The SMILES string of the molecule is Fc1c(F)c(F)c(C2=Cc3cc4[nH]c(cc4-c4c(F)c(F)c(F)c(F)c4F)cc4[nH]c(cc5nc(cc2n3)C=C5c2c(F)c(F)c(F)c(F)c2F)cc4-c2c(F)c(F)c(F)c(F)c2F)c(F)c1F. The van der Waals surface area contributed by atoms with E-state index in [4.69, 9.17) is 0 Å². The average molecular weight is 975 g/mol. The molecule has 7 aromatic rings. The summed E-state index contributed by atoms with van der Waals surface area (Å²) in [5.41, 5.74) is -17.1. The van der Waals surface area contributed by atoms with Gasteiger partial charge in [-0.3, -0.25) is 0 Å². The van der Waals surface area contributed by atoms with Crippen molar-refractivity contribution in [2.45, 2.75) is 0 Å². The minimum atomic E-state index is -2.64. The Hall–Kier alpha value is -7.92. The number of rotatable bonds is 4. The van der Waals surface area contributed by atoms with Gasteiger partial charge in [0.15, 0.2) is 93.1 Å². The third-order valence-corrected chi connectivity index (χ3v) is 10.5. The standard InChI is InChI=1S/C44H10F20N4/c45-25-21(26(46)34(54)41(61)33(25)53)13-1-9-5-18-14(22-27(47)35(55)42(62)36(56)28(22)48)3-11(66-18)7-20-16(24-31(51)39(59)44(64)40(60)32(24)52)4-12(68-20)8-19-15(2-10(67-19)6-17(13)65-9)23-29(49)37(57)43(63)38(58)30(23)50/h1-8,65-66H. The maximum Gasteiger partial charge on any atom is 0.200 e. The fourth-order valence-corrected chi connectivity index (χ4v) is 7.41. The van der Waals surface area contributed by atoms with Crippen molar-refractivity contribution in [2.24, 2.45) is 0 Å². The van der Waals surface area contributed by atoms with Crippen LogP contribution in [0.25, 0.3) is 67.6 Å². The number of hydrogen-bond donors (Lipinski definition) is 2. The van der Waals surface area contributed by atoms with Gasteiger partial charge in [-0.15, -0.1) is 0 Å². The predicted molar refractivity (Wildman–Crippen MR) is 198 cm³/mol. The van der Waals surface area contributed by atoms with Crippen LogP contribution in [0, 0.1) is 116 Å². The normalized spacial score (nSPS) is 12.6. The van der Waals surface area contributed by atoms with Gasteiger partial charge < -0.3 is 9.97 Å². The molecule has 0 radical (unpaired) electrons. The first-order chi connectivity index (χ1) is 32.0. The molecule has 9 rings (SSSR count). The molecule has 5 heterocycles. The molecule has 0 fully saturated rings. The van der Waals surface area contributed by atoms with Crippen LogP contribution in [0.15, 0.2) is 36.4 Å². The molecule has 0 atom stereocenters. The maximum absolute atomic E-state index is 15.4. The summed E-state index contributed by atoms with van der Waals surface area (Å²) in [4.78, 5) is 12.8. The van der Waals surface area contributed by atoms with Gasteiger partial charge in [-0.05, 0) is 48.6 Å². The second-order valence-electron chi connectivity index (χ2n) is 14.4. The minimum absolute atomic E-state index is 0.529. The lowest BCUT2D eigenvalue weighted by Gasteiger charge is -2.09. The van der Waals surface area contributed by atoms with Gasteiger partial charge in [-0.2, -0.15) is 0 Å². The zero-order valence-electron chi connectivity index (χ0n) is 32.1. The van der Waals surface area contributed by atoms with Gasteiger partial charge in [0.25, 0.3) is 0 Å². The number of nitrogens with one attached hydrogen (secondary N) is 2. The summed E-state index contributed by atoms with van der Waals surface area (Å²) in [5, 5.41) is 0. The van der Waals surface area contributed by atoms with Crippen LogP contribution in [0.3, 0.4) is 0 Å². The van der Waals surface area contributed by atoms with E-state index in [9.17, 15) is 52.7 Å². The zero-order valence-corrected chi connectivity index (χ0v) is 32.1. The molecule has 4 aromatic carbocycles. The first-order valence-electron chi connectivity index (χ1n) is 18.3. The van der Waals surface area contributed by atoms with Crippen molar-refractivity contribution in [3.63, 3.8) is 0 Å². The molecule has 4 nitrogen and oxygen atoms in total. The van der Waals surface area contributed by atoms with E-state index in [-0.39, 0.29) is 0 Å². The summed E-state index contributed by atoms with van der Waals surface area (Å²) >= 11 is 0. The van der Waals surface area contributed by atoms with Crippen molar-refractivity contribution < 1.29 is 87.8 Å². The van der Waals surface area contributed by atoms with E-state index < -0.39 is 206 Å². The molecular weight excluding hydrogens is 964 g/mol. The van der Waals surface area contributed by atoms with Crippen molar-refractivity contribution in [3.8, 4) is 22.3 Å². The lowest BCUT2D eigenvalue weighted by Crippen LogP contribution is -2.07. The Balaban J connectivity index is 1.48. The van der Waals surface area contributed by atoms with E-state index in [1.54, 1.807) is 0 Å². The molecule has 2 aliphatic rings.